The Labute approximate surface area is 171 Å². The first-order chi connectivity index (χ1) is 13.2. The van der Waals surface area contributed by atoms with Gasteiger partial charge in [-0.25, -0.2) is 9.78 Å². The number of carbonyl (C=O) groups is 2. The summed E-state index contributed by atoms with van der Waals surface area (Å²) in [6.07, 6.45) is 4.62. The molecule has 0 atom stereocenters. The van der Waals surface area contributed by atoms with Gasteiger partial charge in [0.2, 0.25) is 5.91 Å². The highest BCUT2D eigenvalue weighted by Gasteiger charge is 2.23. The fourth-order valence-electron chi connectivity index (χ4n) is 3.12. The average molecular weight is 421 g/mol. The van der Waals surface area contributed by atoms with Crippen LogP contribution in [-0.4, -0.2) is 32.8 Å². The Morgan fingerprint density at radius 3 is 2.79 bits per heavy atom. The van der Waals surface area contributed by atoms with E-state index in [0.717, 1.165) is 41.4 Å². The minimum absolute atomic E-state index is 0.0161. The molecule has 150 valence electrons. The number of hydrogen-bond donors (Lipinski definition) is 2. The van der Waals surface area contributed by atoms with Crippen molar-refractivity contribution in [3.05, 3.63) is 33.4 Å². The number of rotatable bonds is 5. The van der Waals surface area contributed by atoms with Gasteiger partial charge in [-0.15, -0.1) is 17.9 Å². The van der Waals surface area contributed by atoms with Crippen molar-refractivity contribution in [3.8, 4) is 0 Å². The van der Waals surface area contributed by atoms with Crippen LogP contribution in [-0.2, 0) is 24.2 Å². The van der Waals surface area contributed by atoms with Gasteiger partial charge in [0.1, 0.15) is 4.83 Å². The van der Waals surface area contributed by atoms with E-state index in [1.165, 1.54) is 4.88 Å². The Morgan fingerprint density at radius 1 is 1.36 bits per heavy atom. The molecule has 0 aliphatic heterocycles. The summed E-state index contributed by atoms with van der Waals surface area (Å²) in [4.78, 5) is 43.6. The number of urea groups is 1. The van der Waals surface area contributed by atoms with Crippen LogP contribution in [0.4, 0.5) is 4.79 Å². The van der Waals surface area contributed by atoms with Crippen molar-refractivity contribution in [2.75, 3.05) is 5.75 Å². The molecule has 0 unspecified atom stereocenters. The maximum atomic E-state index is 13.0. The van der Waals surface area contributed by atoms with E-state index in [9.17, 15) is 14.4 Å². The molecule has 0 bridgehead atoms. The molecular formula is C19H24N4O3S2. The molecule has 0 aromatic carbocycles. The molecule has 3 rings (SSSR count). The molecule has 1 aliphatic carbocycles. The smallest absolute Gasteiger partial charge is 0.321 e. The Kier molecular flexibility index (Phi) is 5.95. The topological polar surface area (TPSA) is 93.1 Å². The number of aromatic nitrogens is 2. The van der Waals surface area contributed by atoms with E-state index >= 15 is 0 Å². The van der Waals surface area contributed by atoms with Gasteiger partial charge in [0.25, 0.3) is 5.56 Å². The minimum Gasteiger partial charge on any atom is -0.333 e. The van der Waals surface area contributed by atoms with Crippen LogP contribution in [0.25, 0.3) is 10.2 Å². The first-order valence-corrected chi connectivity index (χ1v) is 10.9. The number of fused-ring (bicyclic) bond motifs is 3. The first-order valence-electron chi connectivity index (χ1n) is 9.10. The van der Waals surface area contributed by atoms with E-state index in [-0.39, 0.29) is 11.3 Å². The lowest BCUT2D eigenvalue weighted by Gasteiger charge is -2.20. The van der Waals surface area contributed by atoms with Crippen LogP contribution in [0.3, 0.4) is 0 Å². The van der Waals surface area contributed by atoms with Crippen molar-refractivity contribution in [1.29, 1.82) is 0 Å². The van der Waals surface area contributed by atoms with Gasteiger partial charge in [-0.3, -0.25) is 19.5 Å². The molecule has 2 heterocycles. The van der Waals surface area contributed by atoms with Crippen molar-refractivity contribution >= 4 is 45.3 Å². The highest BCUT2D eigenvalue weighted by Crippen LogP contribution is 2.35. The summed E-state index contributed by atoms with van der Waals surface area (Å²) in [5.41, 5.74) is 0.606. The molecule has 0 radical (unpaired) electrons. The third-order valence-electron chi connectivity index (χ3n) is 4.18. The molecule has 1 aliphatic rings. The van der Waals surface area contributed by atoms with Gasteiger partial charge < -0.3 is 5.32 Å². The second-order valence-electron chi connectivity index (χ2n) is 7.68. The highest BCUT2D eigenvalue weighted by atomic mass is 32.2. The molecule has 9 heteroatoms. The molecule has 2 aromatic rings. The van der Waals surface area contributed by atoms with E-state index in [4.69, 9.17) is 0 Å². The zero-order chi connectivity index (χ0) is 20.5. The predicted octanol–water partition coefficient (Wildman–Crippen LogP) is 2.85. The summed E-state index contributed by atoms with van der Waals surface area (Å²) in [5, 5.41) is 6.14. The Balaban J connectivity index is 1.80. The zero-order valence-corrected chi connectivity index (χ0v) is 17.9. The number of allylic oxidation sites excluding steroid dienone is 1. The average Bonchev–Trinajstić information content (AvgIpc) is 3.14. The molecule has 3 amide bonds. The van der Waals surface area contributed by atoms with Crippen LogP contribution in [0.1, 0.15) is 37.6 Å². The van der Waals surface area contributed by atoms with E-state index in [1.54, 1.807) is 22.0 Å². The number of nitrogens with zero attached hydrogens (tertiary/aromatic N) is 2. The normalized spacial score (nSPS) is 13.4. The van der Waals surface area contributed by atoms with Crippen LogP contribution >= 0.6 is 23.1 Å². The van der Waals surface area contributed by atoms with Gasteiger partial charge in [0, 0.05) is 17.0 Å². The molecule has 2 N–H and O–H groups in total. The number of thioether (sulfide) groups is 1. The third kappa shape index (κ3) is 4.47. The van der Waals surface area contributed by atoms with Gasteiger partial charge in [-0.1, -0.05) is 17.8 Å². The number of amides is 3. The number of hydrogen-bond acceptors (Lipinski definition) is 6. The molecule has 0 saturated heterocycles. The lowest BCUT2D eigenvalue weighted by Crippen LogP contribution is -2.48. The SMILES string of the molecule is C=CCn1c(SCC(=O)NC(=O)NC(C)(C)C)nc2sc3c(c2c1=O)CCC3. The van der Waals surface area contributed by atoms with Crippen LogP contribution in [0.5, 0.6) is 0 Å². The standard InChI is InChI=1S/C19H24N4O3S2/c1-5-9-23-16(25)14-11-7-6-8-12(11)28-15(14)21-18(23)27-10-13(24)20-17(26)22-19(2,3)4/h5H,1,6-10H2,2-4H3,(H2,20,22,24,26). The van der Waals surface area contributed by atoms with Gasteiger partial charge >= 0.3 is 6.03 Å². The van der Waals surface area contributed by atoms with Gasteiger partial charge in [0.15, 0.2) is 5.16 Å². The summed E-state index contributed by atoms with van der Waals surface area (Å²) < 4.78 is 1.55. The van der Waals surface area contributed by atoms with Crippen LogP contribution in [0, 0.1) is 0 Å². The Morgan fingerprint density at radius 2 is 2.11 bits per heavy atom. The number of thiophene rings is 1. The van der Waals surface area contributed by atoms with Gasteiger partial charge in [-0.2, -0.15) is 0 Å². The van der Waals surface area contributed by atoms with E-state index < -0.39 is 17.5 Å². The van der Waals surface area contributed by atoms with Crippen LogP contribution in [0.15, 0.2) is 22.6 Å². The molecule has 7 nitrogen and oxygen atoms in total. The molecule has 0 spiro atoms. The molecule has 2 aromatic heterocycles. The summed E-state index contributed by atoms with van der Waals surface area (Å²) in [6.45, 7) is 9.53. The summed E-state index contributed by atoms with van der Waals surface area (Å²) in [6, 6.07) is -0.542. The molecule has 0 fully saturated rings. The van der Waals surface area contributed by atoms with Crippen molar-refractivity contribution in [3.63, 3.8) is 0 Å². The van der Waals surface area contributed by atoms with Crippen molar-refractivity contribution in [1.82, 2.24) is 20.2 Å². The number of nitrogens with one attached hydrogen (secondary N) is 2. The Bertz CT molecular complexity index is 1000. The first kappa shape index (κ1) is 20.6. The van der Waals surface area contributed by atoms with Crippen LogP contribution in [0.2, 0.25) is 0 Å². The van der Waals surface area contributed by atoms with Crippen molar-refractivity contribution in [2.45, 2.75) is 57.3 Å². The predicted molar refractivity (Wildman–Crippen MR) is 113 cm³/mol. The summed E-state index contributed by atoms with van der Waals surface area (Å²) in [5.74, 6) is -0.461. The largest absolute Gasteiger partial charge is 0.333 e. The fourth-order valence-corrected chi connectivity index (χ4v) is 5.23. The monoisotopic (exact) mass is 420 g/mol. The van der Waals surface area contributed by atoms with Crippen molar-refractivity contribution in [2.24, 2.45) is 0 Å². The lowest BCUT2D eigenvalue weighted by molar-refractivity contribution is -0.117. The summed E-state index contributed by atoms with van der Waals surface area (Å²) in [7, 11) is 0. The molecule has 28 heavy (non-hydrogen) atoms. The second kappa shape index (κ2) is 8.08. The van der Waals surface area contributed by atoms with E-state index in [1.807, 2.05) is 20.8 Å². The molecule has 0 saturated carbocycles. The number of aryl methyl sites for hydroxylation is 2. The lowest BCUT2D eigenvalue weighted by atomic mass is 10.1. The highest BCUT2D eigenvalue weighted by molar-refractivity contribution is 7.99. The maximum Gasteiger partial charge on any atom is 0.321 e. The van der Waals surface area contributed by atoms with Gasteiger partial charge in [0.05, 0.1) is 11.1 Å². The number of carbonyl (C=O) groups excluding carboxylic acids is 2. The van der Waals surface area contributed by atoms with Gasteiger partial charge in [-0.05, 0) is 45.6 Å². The van der Waals surface area contributed by atoms with E-state index in [2.05, 4.69) is 22.2 Å². The fraction of sp³-hybridized carbons (Fsp3) is 0.474. The van der Waals surface area contributed by atoms with E-state index in [0.29, 0.717) is 17.1 Å². The quantitative estimate of drug-likeness (QED) is 0.441. The Hall–Kier alpha value is -2.13. The van der Waals surface area contributed by atoms with Crippen molar-refractivity contribution < 1.29 is 9.59 Å². The zero-order valence-electron chi connectivity index (χ0n) is 16.3. The van der Waals surface area contributed by atoms with Crippen LogP contribution < -0.4 is 16.2 Å². The third-order valence-corrected chi connectivity index (χ3v) is 6.34. The molecular weight excluding hydrogens is 396 g/mol. The second-order valence-corrected chi connectivity index (χ2v) is 9.70. The maximum absolute atomic E-state index is 13.0. The summed E-state index contributed by atoms with van der Waals surface area (Å²) >= 11 is 2.71. The minimum atomic E-state index is -0.542. The number of imide groups is 1.